The summed E-state index contributed by atoms with van der Waals surface area (Å²) in [5, 5.41) is 8.52. The maximum absolute atomic E-state index is 12.9. The van der Waals surface area contributed by atoms with Crippen LogP contribution in [0.2, 0.25) is 5.02 Å². The first-order valence-corrected chi connectivity index (χ1v) is 10.00. The Morgan fingerprint density at radius 1 is 0.931 bits per heavy atom. The molecule has 2 N–H and O–H groups in total. The smallest absolute Gasteiger partial charge is 0.256 e. The molecule has 0 fully saturated rings. The van der Waals surface area contributed by atoms with Crippen LogP contribution in [0.5, 0.6) is 0 Å². The van der Waals surface area contributed by atoms with Gasteiger partial charge in [-0.05, 0) is 48.7 Å². The molecule has 0 saturated carbocycles. The fraction of sp³-hybridized carbons (Fsp3) is 0.167. The van der Waals surface area contributed by atoms with Crippen LogP contribution < -0.4 is 10.6 Å². The lowest BCUT2D eigenvalue weighted by molar-refractivity contribution is -0.116. The van der Waals surface area contributed by atoms with Crippen molar-refractivity contribution in [2.45, 2.75) is 26.2 Å². The molecular formula is C24H21ClN2O2. The summed E-state index contributed by atoms with van der Waals surface area (Å²) in [6.45, 7) is 1.84. The fourth-order valence-electron chi connectivity index (χ4n) is 3.63. The number of amides is 1. The van der Waals surface area contributed by atoms with Crippen molar-refractivity contribution in [1.29, 1.82) is 0 Å². The van der Waals surface area contributed by atoms with Crippen molar-refractivity contribution in [3.8, 4) is 0 Å². The first kappa shape index (κ1) is 19.2. The summed E-state index contributed by atoms with van der Waals surface area (Å²) in [4.78, 5) is 24.9. The SMILES string of the molecule is CC1=C(Nc2cccc(NC(=O)c3cccc4ccccc34)c2Cl)CCCC1=O. The van der Waals surface area contributed by atoms with E-state index in [1.165, 1.54) is 0 Å². The molecule has 3 aromatic carbocycles. The predicted octanol–water partition coefficient (Wildman–Crippen LogP) is 6.18. The Hall–Kier alpha value is -3.11. The van der Waals surface area contributed by atoms with Gasteiger partial charge in [0.15, 0.2) is 5.78 Å². The van der Waals surface area contributed by atoms with Gasteiger partial charge in [0.1, 0.15) is 0 Å². The molecule has 0 aliphatic heterocycles. The van der Waals surface area contributed by atoms with Crippen molar-refractivity contribution in [2.24, 2.45) is 0 Å². The first-order valence-electron chi connectivity index (χ1n) is 9.62. The molecule has 0 saturated heterocycles. The predicted molar refractivity (Wildman–Crippen MR) is 119 cm³/mol. The minimum absolute atomic E-state index is 0.162. The normalized spacial score (nSPS) is 14.2. The molecule has 0 bridgehead atoms. The number of rotatable bonds is 4. The molecule has 0 radical (unpaired) electrons. The second-order valence-corrected chi connectivity index (χ2v) is 7.53. The average molecular weight is 405 g/mol. The monoisotopic (exact) mass is 404 g/mol. The van der Waals surface area contributed by atoms with E-state index in [0.29, 0.717) is 28.4 Å². The lowest BCUT2D eigenvalue weighted by Gasteiger charge is -2.20. The highest BCUT2D eigenvalue weighted by atomic mass is 35.5. The Labute approximate surface area is 174 Å². The molecule has 3 aromatic rings. The molecule has 1 amide bonds. The molecule has 5 heteroatoms. The van der Waals surface area contributed by atoms with E-state index in [1.54, 1.807) is 12.1 Å². The number of nitrogens with one attached hydrogen (secondary N) is 2. The lowest BCUT2D eigenvalue weighted by atomic mass is 9.96. The molecule has 0 aromatic heterocycles. The van der Waals surface area contributed by atoms with Gasteiger partial charge in [0.05, 0.1) is 16.4 Å². The lowest BCUT2D eigenvalue weighted by Crippen LogP contribution is -2.15. The van der Waals surface area contributed by atoms with Crippen LogP contribution in [0.1, 0.15) is 36.5 Å². The molecule has 0 spiro atoms. The van der Waals surface area contributed by atoms with Crippen LogP contribution in [0.3, 0.4) is 0 Å². The molecule has 1 aliphatic carbocycles. The van der Waals surface area contributed by atoms with E-state index in [2.05, 4.69) is 10.6 Å². The summed E-state index contributed by atoms with van der Waals surface area (Å²) in [5.74, 6) is -0.0561. The van der Waals surface area contributed by atoms with Gasteiger partial charge < -0.3 is 10.6 Å². The number of hydrogen-bond acceptors (Lipinski definition) is 3. The standard InChI is InChI=1S/C24H21ClN2O2/c1-15-19(11-6-14-22(15)28)26-20-12-5-13-21(23(20)25)27-24(29)18-10-4-8-16-7-2-3-9-17(16)18/h2-5,7-10,12-13,26H,6,11,14H2,1H3,(H,27,29). The summed E-state index contributed by atoms with van der Waals surface area (Å²) in [5.41, 5.74) is 3.42. The molecule has 0 unspecified atom stereocenters. The molecule has 29 heavy (non-hydrogen) atoms. The molecule has 4 nitrogen and oxygen atoms in total. The summed E-state index contributed by atoms with van der Waals surface area (Å²) in [6.07, 6.45) is 2.22. The third-order valence-corrected chi connectivity index (χ3v) is 5.68. The van der Waals surface area contributed by atoms with Gasteiger partial charge in [0, 0.05) is 23.3 Å². The van der Waals surface area contributed by atoms with E-state index in [1.807, 2.05) is 55.5 Å². The minimum Gasteiger partial charge on any atom is -0.357 e. The number of benzene rings is 3. The van der Waals surface area contributed by atoms with Gasteiger partial charge in [-0.25, -0.2) is 0 Å². The zero-order valence-electron chi connectivity index (χ0n) is 16.1. The van der Waals surface area contributed by atoms with Gasteiger partial charge in [0.25, 0.3) is 5.91 Å². The van der Waals surface area contributed by atoms with Crippen LogP contribution in [-0.2, 0) is 4.79 Å². The van der Waals surface area contributed by atoms with E-state index in [9.17, 15) is 9.59 Å². The molecule has 0 atom stereocenters. The number of fused-ring (bicyclic) bond motifs is 1. The van der Waals surface area contributed by atoms with Gasteiger partial charge in [-0.2, -0.15) is 0 Å². The Balaban J connectivity index is 1.61. The van der Waals surface area contributed by atoms with Gasteiger partial charge in [-0.15, -0.1) is 0 Å². The fourth-order valence-corrected chi connectivity index (χ4v) is 3.85. The highest BCUT2D eigenvalue weighted by Crippen LogP contribution is 2.33. The number of hydrogen-bond donors (Lipinski definition) is 2. The van der Waals surface area contributed by atoms with Crippen molar-refractivity contribution in [3.05, 3.63) is 82.5 Å². The van der Waals surface area contributed by atoms with Crippen molar-refractivity contribution in [1.82, 2.24) is 0 Å². The molecule has 0 heterocycles. The van der Waals surface area contributed by atoms with Crippen LogP contribution in [-0.4, -0.2) is 11.7 Å². The van der Waals surface area contributed by atoms with Gasteiger partial charge in [0.2, 0.25) is 0 Å². The number of carbonyl (C=O) groups excluding carboxylic acids is 2. The summed E-state index contributed by atoms with van der Waals surface area (Å²) in [7, 11) is 0. The maximum atomic E-state index is 12.9. The van der Waals surface area contributed by atoms with Crippen molar-refractivity contribution >= 4 is 45.4 Å². The van der Waals surface area contributed by atoms with Crippen LogP contribution in [0.15, 0.2) is 71.9 Å². The topological polar surface area (TPSA) is 58.2 Å². The Kier molecular flexibility index (Phi) is 5.36. The van der Waals surface area contributed by atoms with E-state index in [0.717, 1.165) is 34.9 Å². The highest BCUT2D eigenvalue weighted by Gasteiger charge is 2.19. The van der Waals surface area contributed by atoms with E-state index >= 15 is 0 Å². The number of anilines is 2. The number of halogens is 1. The summed E-state index contributed by atoms with van der Waals surface area (Å²) < 4.78 is 0. The van der Waals surface area contributed by atoms with Crippen molar-refractivity contribution in [2.75, 3.05) is 10.6 Å². The van der Waals surface area contributed by atoms with Gasteiger partial charge in [-0.3, -0.25) is 9.59 Å². The van der Waals surface area contributed by atoms with Crippen LogP contribution in [0.4, 0.5) is 11.4 Å². The zero-order valence-corrected chi connectivity index (χ0v) is 16.8. The van der Waals surface area contributed by atoms with Gasteiger partial charge in [-0.1, -0.05) is 54.1 Å². The van der Waals surface area contributed by atoms with Crippen LogP contribution in [0.25, 0.3) is 10.8 Å². The Bertz CT molecular complexity index is 1150. The number of carbonyl (C=O) groups is 2. The van der Waals surface area contributed by atoms with E-state index in [4.69, 9.17) is 11.6 Å². The molecule has 1 aliphatic rings. The minimum atomic E-state index is -0.218. The molecule has 146 valence electrons. The number of allylic oxidation sites excluding steroid dienone is 2. The summed E-state index contributed by atoms with van der Waals surface area (Å²) >= 11 is 6.58. The van der Waals surface area contributed by atoms with E-state index in [-0.39, 0.29) is 11.7 Å². The maximum Gasteiger partial charge on any atom is 0.256 e. The van der Waals surface area contributed by atoms with Crippen molar-refractivity contribution < 1.29 is 9.59 Å². The average Bonchev–Trinajstić information content (AvgIpc) is 2.73. The third-order valence-electron chi connectivity index (χ3n) is 5.27. The Morgan fingerprint density at radius 2 is 1.66 bits per heavy atom. The summed E-state index contributed by atoms with van der Waals surface area (Å²) in [6, 6.07) is 18.9. The zero-order chi connectivity index (χ0) is 20.4. The van der Waals surface area contributed by atoms with E-state index < -0.39 is 0 Å². The first-order chi connectivity index (χ1) is 14.0. The molecular weight excluding hydrogens is 384 g/mol. The number of ketones is 1. The molecule has 4 rings (SSSR count). The van der Waals surface area contributed by atoms with Gasteiger partial charge >= 0.3 is 0 Å². The largest absolute Gasteiger partial charge is 0.357 e. The third kappa shape index (κ3) is 3.89. The highest BCUT2D eigenvalue weighted by molar-refractivity contribution is 6.36. The van der Waals surface area contributed by atoms with Crippen LogP contribution >= 0.6 is 11.6 Å². The van der Waals surface area contributed by atoms with Crippen molar-refractivity contribution in [3.63, 3.8) is 0 Å². The Morgan fingerprint density at radius 3 is 2.52 bits per heavy atom. The quantitative estimate of drug-likeness (QED) is 0.545. The number of Topliss-reactive ketones (excluding diaryl/α,β-unsaturated/α-hetero) is 1. The second-order valence-electron chi connectivity index (χ2n) is 7.15. The van der Waals surface area contributed by atoms with Crippen LogP contribution in [0, 0.1) is 0 Å². The second kappa shape index (κ2) is 8.10.